The molecule has 2 aliphatic carbocycles. The van der Waals surface area contributed by atoms with Gasteiger partial charge in [-0.1, -0.05) is 26.0 Å². The van der Waals surface area contributed by atoms with E-state index in [0.717, 1.165) is 66.6 Å². The van der Waals surface area contributed by atoms with Crippen LogP contribution in [0.2, 0.25) is 0 Å². The van der Waals surface area contributed by atoms with Gasteiger partial charge in [-0.25, -0.2) is 14.4 Å². The highest BCUT2D eigenvalue weighted by Gasteiger charge is 2.56. The molecule has 6 heterocycles. The highest BCUT2D eigenvalue weighted by molar-refractivity contribution is 6.09. The number of aromatic nitrogens is 4. The van der Waals surface area contributed by atoms with E-state index in [9.17, 15) is 14.0 Å². The number of ether oxygens (including phenoxy) is 1. The minimum absolute atomic E-state index is 0.0169. The van der Waals surface area contributed by atoms with E-state index in [1.807, 2.05) is 15.5 Å². The second-order valence-electron chi connectivity index (χ2n) is 17.5. The first kappa shape index (κ1) is 35.3. The summed E-state index contributed by atoms with van der Waals surface area (Å²) in [6.07, 6.45) is 10.6. The molecule has 5 aliphatic rings. The van der Waals surface area contributed by atoms with E-state index in [2.05, 4.69) is 66.0 Å². The number of carbonyl (C=O) groups excluding carboxylic acids is 2. The molecule has 0 unspecified atom stereocenters. The van der Waals surface area contributed by atoms with Gasteiger partial charge in [-0.15, -0.1) is 0 Å². The SMILES string of the molecule is CO[C@H]1C[C@H](C(=O)N2CCC3(CC2)C(=O)N([C@H]2C[C@@H](N4CCC(C)(C)C4)C2)c2cc(-c4cc5ncn(C(C)C)c5c(Nc5ccncc5F)n4)ccc23)C1. The van der Waals surface area contributed by atoms with Crippen LogP contribution in [-0.2, 0) is 19.7 Å². The Balaban J connectivity index is 1.06. The number of fused-ring (bicyclic) bond motifs is 3. The lowest BCUT2D eigenvalue weighted by Gasteiger charge is -2.47. The molecule has 284 valence electrons. The van der Waals surface area contributed by atoms with Crippen molar-refractivity contribution < 1.29 is 18.7 Å². The number of nitrogens with one attached hydrogen (secondary N) is 1. The predicted octanol–water partition coefficient (Wildman–Crippen LogP) is 6.85. The molecular formula is C42H51FN8O3. The molecule has 3 aromatic heterocycles. The van der Waals surface area contributed by atoms with E-state index in [0.29, 0.717) is 48.9 Å². The Hall–Kier alpha value is -4.42. The first-order valence-corrected chi connectivity index (χ1v) is 19.7. The summed E-state index contributed by atoms with van der Waals surface area (Å²) < 4.78 is 22.4. The first-order valence-electron chi connectivity index (χ1n) is 19.7. The van der Waals surface area contributed by atoms with Crippen molar-refractivity contribution in [2.24, 2.45) is 11.3 Å². The average molecular weight is 735 g/mol. The molecule has 4 aromatic rings. The molecule has 0 radical (unpaired) electrons. The van der Waals surface area contributed by atoms with Crippen LogP contribution in [-0.4, -0.2) is 92.6 Å². The van der Waals surface area contributed by atoms with Crippen LogP contribution in [0.1, 0.15) is 84.2 Å². The lowest BCUT2D eigenvalue weighted by molar-refractivity contribution is -0.146. The molecule has 4 fully saturated rings. The second kappa shape index (κ2) is 13.1. The highest BCUT2D eigenvalue weighted by Crippen LogP contribution is 2.53. The van der Waals surface area contributed by atoms with Crippen LogP contribution in [0, 0.1) is 17.2 Å². The van der Waals surface area contributed by atoms with Gasteiger partial charge in [0.1, 0.15) is 5.52 Å². The largest absolute Gasteiger partial charge is 0.381 e. The van der Waals surface area contributed by atoms with Crippen LogP contribution in [0.25, 0.3) is 22.3 Å². The molecule has 1 aromatic carbocycles. The third-order valence-corrected chi connectivity index (χ3v) is 13.2. The molecular weight excluding hydrogens is 684 g/mol. The number of halogens is 1. The number of imidazole rings is 1. The maximum atomic E-state index is 15.0. The Morgan fingerprint density at radius 2 is 1.80 bits per heavy atom. The maximum Gasteiger partial charge on any atom is 0.238 e. The monoisotopic (exact) mass is 734 g/mol. The standard InChI is InChI=1S/C42H51FN8O3/c1-25(2)50-24-45-35-21-34(47-38(37(35)50)46-33-8-12-44-22-32(33)43)26-6-7-31-36(18-26)51(29-19-28(20-29)49-13-9-41(3,4)23-49)40(53)42(31)10-14-48(15-11-42)39(52)27-16-30(17-27)54-5/h6-8,12,18,21-22,24-25,27-30H,9-11,13-17,19-20,23H2,1-5H3,(H,44,46,47)/t27-,28-,29+,30-. The van der Waals surface area contributed by atoms with E-state index in [4.69, 9.17) is 14.7 Å². The van der Waals surface area contributed by atoms with Gasteiger partial charge in [0.15, 0.2) is 11.6 Å². The van der Waals surface area contributed by atoms with Gasteiger partial charge >= 0.3 is 0 Å². The quantitative estimate of drug-likeness (QED) is 0.210. The van der Waals surface area contributed by atoms with Crippen molar-refractivity contribution in [3.63, 3.8) is 0 Å². The molecule has 54 heavy (non-hydrogen) atoms. The number of likely N-dealkylation sites (tertiary alicyclic amines) is 2. The topological polar surface area (TPSA) is 109 Å². The normalized spacial score (nSPS) is 26.0. The zero-order valence-corrected chi connectivity index (χ0v) is 32.0. The number of amides is 2. The van der Waals surface area contributed by atoms with Crippen molar-refractivity contribution in [2.75, 3.05) is 43.5 Å². The van der Waals surface area contributed by atoms with E-state index >= 15 is 0 Å². The summed E-state index contributed by atoms with van der Waals surface area (Å²) in [4.78, 5) is 48.9. The van der Waals surface area contributed by atoms with Gasteiger partial charge in [0.05, 0.1) is 40.9 Å². The molecule has 0 bridgehead atoms. The van der Waals surface area contributed by atoms with Gasteiger partial charge in [0.25, 0.3) is 0 Å². The summed E-state index contributed by atoms with van der Waals surface area (Å²) in [7, 11) is 1.71. The Kier molecular flexibility index (Phi) is 8.57. The van der Waals surface area contributed by atoms with E-state index in [-0.39, 0.29) is 41.6 Å². The van der Waals surface area contributed by atoms with E-state index < -0.39 is 11.2 Å². The van der Waals surface area contributed by atoms with Gasteiger partial charge in [-0.3, -0.25) is 19.5 Å². The van der Waals surface area contributed by atoms with Crippen LogP contribution in [0.5, 0.6) is 0 Å². The van der Waals surface area contributed by atoms with Crippen LogP contribution in [0.3, 0.4) is 0 Å². The number of rotatable bonds is 8. The third-order valence-electron chi connectivity index (χ3n) is 13.2. The number of carbonyl (C=O) groups is 2. The van der Waals surface area contributed by atoms with Crippen molar-refractivity contribution in [3.8, 4) is 11.3 Å². The van der Waals surface area contributed by atoms with Crippen molar-refractivity contribution in [1.29, 1.82) is 0 Å². The van der Waals surface area contributed by atoms with E-state index in [1.54, 1.807) is 25.7 Å². The maximum absolute atomic E-state index is 15.0. The Morgan fingerprint density at radius 1 is 1.02 bits per heavy atom. The number of benzene rings is 1. The van der Waals surface area contributed by atoms with Crippen LogP contribution < -0.4 is 10.2 Å². The third kappa shape index (κ3) is 5.79. The zero-order chi connectivity index (χ0) is 37.5. The minimum atomic E-state index is -0.668. The Labute approximate surface area is 316 Å². The summed E-state index contributed by atoms with van der Waals surface area (Å²) in [6.45, 7) is 12.2. The number of pyridine rings is 2. The number of methoxy groups -OCH3 is 1. The molecule has 12 heteroatoms. The number of hydrogen-bond acceptors (Lipinski definition) is 8. The summed E-state index contributed by atoms with van der Waals surface area (Å²) >= 11 is 0. The average Bonchev–Trinajstić information content (AvgIpc) is 3.78. The van der Waals surface area contributed by atoms with Crippen molar-refractivity contribution >= 4 is 40.0 Å². The van der Waals surface area contributed by atoms with E-state index in [1.165, 1.54) is 12.6 Å². The fourth-order valence-electron chi connectivity index (χ4n) is 9.75. The highest BCUT2D eigenvalue weighted by atomic mass is 19.1. The molecule has 9 rings (SSSR count). The number of anilines is 3. The minimum Gasteiger partial charge on any atom is -0.381 e. The van der Waals surface area contributed by atoms with Gasteiger partial charge in [0.2, 0.25) is 11.8 Å². The summed E-state index contributed by atoms with van der Waals surface area (Å²) in [5.74, 6) is 0.414. The van der Waals surface area contributed by atoms with Gasteiger partial charge in [0, 0.05) is 68.2 Å². The number of piperidine rings is 1. The molecule has 11 nitrogen and oxygen atoms in total. The van der Waals surface area contributed by atoms with Gasteiger partial charge in [-0.2, -0.15) is 0 Å². The molecule has 1 spiro atoms. The summed E-state index contributed by atoms with van der Waals surface area (Å²) in [6, 6.07) is 10.6. The fraction of sp³-hybridized carbons (Fsp3) is 0.548. The summed E-state index contributed by atoms with van der Waals surface area (Å²) in [5, 5.41) is 3.24. The lowest BCUT2D eigenvalue weighted by atomic mass is 9.72. The first-order chi connectivity index (χ1) is 25.9. The molecule has 1 N–H and O–H groups in total. The van der Waals surface area contributed by atoms with Crippen LogP contribution in [0.15, 0.2) is 49.1 Å². The van der Waals surface area contributed by atoms with Crippen molar-refractivity contribution in [3.05, 3.63) is 60.4 Å². The Morgan fingerprint density at radius 3 is 2.48 bits per heavy atom. The lowest BCUT2D eigenvalue weighted by Crippen LogP contribution is -2.58. The second-order valence-corrected chi connectivity index (χ2v) is 17.5. The number of nitrogens with zero attached hydrogens (tertiary/aromatic N) is 7. The van der Waals surface area contributed by atoms with Crippen LogP contribution in [0.4, 0.5) is 21.6 Å². The predicted molar refractivity (Wildman–Crippen MR) is 206 cm³/mol. The fourth-order valence-corrected chi connectivity index (χ4v) is 9.75. The zero-order valence-electron chi connectivity index (χ0n) is 32.0. The molecule has 0 atom stereocenters. The molecule has 2 saturated heterocycles. The van der Waals surface area contributed by atoms with Crippen molar-refractivity contribution in [1.82, 2.24) is 29.3 Å². The molecule has 3 aliphatic heterocycles. The van der Waals surface area contributed by atoms with Crippen molar-refractivity contribution in [2.45, 2.75) is 102 Å². The van der Waals surface area contributed by atoms with Gasteiger partial charge in [-0.05, 0) is 94.5 Å². The number of hydrogen-bond donors (Lipinski definition) is 1. The summed E-state index contributed by atoms with van der Waals surface area (Å²) in [5.41, 5.74) is 5.02. The Bertz CT molecular complexity index is 2110. The smallest absolute Gasteiger partial charge is 0.238 e. The molecule has 2 amide bonds. The molecule has 2 saturated carbocycles. The van der Waals surface area contributed by atoms with Gasteiger partial charge < -0.3 is 24.4 Å². The van der Waals surface area contributed by atoms with Crippen LogP contribution >= 0.6 is 0 Å².